The normalized spacial score (nSPS) is 15.7. The maximum atomic E-state index is 12.2. The quantitative estimate of drug-likeness (QED) is 0.787. The molecular weight excluding hydrogens is 393 g/mol. The first-order valence-corrected chi connectivity index (χ1v) is 8.46. The number of halogens is 1. The number of aromatic nitrogens is 2. The molecule has 22 heavy (non-hydrogen) atoms. The molecule has 6 heteroatoms. The van der Waals surface area contributed by atoms with Crippen LogP contribution in [0.3, 0.4) is 0 Å². The molecule has 1 amide bonds. The van der Waals surface area contributed by atoms with Crippen LogP contribution < -0.4 is 5.32 Å². The van der Waals surface area contributed by atoms with Gasteiger partial charge >= 0.3 is 0 Å². The van der Waals surface area contributed by atoms with E-state index in [-0.39, 0.29) is 5.91 Å². The lowest BCUT2D eigenvalue weighted by Gasteiger charge is -2.21. The van der Waals surface area contributed by atoms with E-state index in [0.717, 1.165) is 41.9 Å². The number of hydrogen-bond donors (Lipinski definition) is 1. The van der Waals surface area contributed by atoms with E-state index < -0.39 is 0 Å². The van der Waals surface area contributed by atoms with Crippen molar-refractivity contribution >= 4 is 34.2 Å². The van der Waals surface area contributed by atoms with Gasteiger partial charge in [-0.3, -0.25) is 9.48 Å². The second kappa shape index (κ2) is 7.23. The molecule has 3 rings (SSSR count). The average Bonchev–Trinajstić information content (AvgIpc) is 2.95. The van der Waals surface area contributed by atoms with Gasteiger partial charge in [-0.1, -0.05) is 6.07 Å². The molecule has 0 bridgehead atoms. The largest absolute Gasteiger partial charge is 0.381 e. The molecule has 1 saturated heterocycles. The van der Waals surface area contributed by atoms with Crippen LogP contribution in [0, 0.1) is 9.49 Å². The molecule has 1 aromatic carbocycles. The van der Waals surface area contributed by atoms with E-state index in [1.54, 1.807) is 6.20 Å². The van der Waals surface area contributed by atoms with Crippen LogP contribution in [0.25, 0.3) is 0 Å². The second-order valence-electron chi connectivity index (χ2n) is 5.47. The van der Waals surface area contributed by atoms with Gasteiger partial charge in [0.1, 0.15) is 0 Å². The Morgan fingerprint density at radius 1 is 1.41 bits per heavy atom. The highest BCUT2D eigenvalue weighted by Gasteiger charge is 2.15. The van der Waals surface area contributed by atoms with Crippen LogP contribution in [0.4, 0.5) is 5.69 Å². The van der Waals surface area contributed by atoms with Crippen LogP contribution in [0.5, 0.6) is 0 Å². The van der Waals surface area contributed by atoms with Crippen molar-refractivity contribution in [1.29, 1.82) is 0 Å². The number of hydrogen-bond acceptors (Lipinski definition) is 3. The molecule has 0 aliphatic carbocycles. The Morgan fingerprint density at radius 2 is 2.23 bits per heavy atom. The highest BCUT2D eigenvalue weighted by molar-refractivity contribution is 14.1. The van der Waals surface area contributed by atoms with E-state index in [0.29, 0.717) is 11.5 Å². The number of nitrogens with zero attached hydrogens (tertiary/aromatic N) is 2. The van der Waals surface area contributed by atoms with Crippen LogP contribution in [-0.4, -0.2) is 28.9 Å². The van der Waals surface area contributed by atoms with Crippen LogP contribution >= 0.6 is 22.6 Å². The van der Waals surface area contributed by atoms with Crippen molar-refractivity contribution in [3.05, 3.63) is 45.8 Å². The fourth-order valence-corrected chi connectivity index (χ4v) is 3.10. The Morgan fingerprint density at radius 3 is 3.00 bits per heavy atom. The predicted octanol–water partition coefficient (Wildman–Crippen LogP) is 3.17. The summed E-state index contributed by atoms with van der Waals surface area (Å²) >= 11 is 2.20. The molecule has 0 radical (unpaired) electrons. The summed E-state index contributed by atoms with van der Waals surface area (Å²) < 4.78 is 8.31. The van der Waals surface area contributed by atoms with Gasteiger partial charge in [0.05, 0.1) is 11.9 Å². The maximum absolute atomic E-state index is 12.2. The van der Waals surface area contributed by atoms with Gasteiger partial charge in [0.2, 0.25) is 0 Å². The first kappa shape index (κ1) is 15.5. The molecule has 1 aliphatic rings. The second-order valence-corrected chi connectivity index (χ2v) is 6.72. The fourth-order valence-electron chi connectivity index (χ4n) is 2.55. The zero-order valence-electron chi connectivity index (χ0n) is 12.2. The van der Waals surface area contributed by atoms with E-state index in [4.69, 9.17) is 4.74 Å². The van der Waals surface area contributed by atoms with Gasteiger partial charge in [-0.2, -0.15) is 5.10 Å². The molecule has 2 heterocycles. The van der Waals surface area contributed by atoms with E-state index >= 15 is 0 Å². The summed E-state index contributed by atoms with van der Waals surface area (Å²) in [4.78, 5) is 12.2. The minimum absolute atomic E-state index is 0.107. The van der Waals surface area contributed by atoms with Crippen molar-refractivity contribution in [3.8, 4) is 0 Å². The third kappa shape index (κ3) is 4.07. The third-order valence-electron chi connectivity index (χ3n) is 3.76. The molecule has 0 spiro atoms. The van der Waals surface area contributed by atoms with Crippen molar-refractivity contribution in [3.63, 3.8) is 0 Å². The van der Waals surface area contributed by atoms with Gasteiger partial charge in [0.25, 0.3) is 5.91 Å². The van der Waals surface area contributed by atoms with Crippen molar-refractivity contribution in [2.24, 2.45) is 5.92 Å². The molecule has 0 saturated carbocycles. The number of anilines is 1. The lowest BCUT2D eigenvalue weighted by Crippen LogP contribution is -2.20. The average molecular weight is 411 g/mol. The molecule has 5 nitrogen and oxygen atoms in total. The number of nitrogens with one attached hydrogen (secondary N) is 1. The first-order chi connectivity index (χ1) is 10.7. The lowest BCUT2D eigenvalue weighted by atomic mass is 10.0. The minimum Gasteiger partial charge on any atom is -0.381 e. The SMILES string of the molecule is O=C(Nc1cnn(CC2CCOCC2)c1)c1cccc(I)c1. The van der Waals surface area contributed by atoms with Crippen molar-refractivity contribution in [2.75, 3.05) is 18.5 Å². The summed E-state index contributed by atoms with van der Waals surface area (Å²) in [6.45, 7) is 2.55. The van der Waals surface area contributed by atoms with Gasteiger partial charge in [0, 0.05) is 35.1 Å². The summed E-state index contributed by atoms with van der Waals surface area (Å²) in [5.41, 5.74) is 1.39. The van der Waals surface area contributed by atoms with E-state index in [1.807, 2.05) is 35.1 Å². The van der Waals surface area contributed by atoms with Crippen LogP contribution in [-0.2, 0) is 11.3 Å². The number of ether oxygens (including phenoxy) is 1. The number of rotatable bonds is 4. The molecule has 0 unspecified atom stereocenters. The topological polar surface area (TPSA) is 56.2 Å². The third-order valence-corrected chi connectivity index (χ3v) is 4.44. The number of benzene rings is 1. The summed E-state index contributed by atoms with van der Waals surface area (Å²) in [7, 11) is 0. The standard InChI is InChI=1S/C16H18IN3O2/c17-14-3-1-2-13(8-14)16(21)19-15-9-18-20(11-15)10-12-4-6-22-7-5-12/h1-3,8-9,11-12H,4-7,10H2,(H,19,21). The molecular formula is C16H18IN3O2. The fraction of sp³-hybridized carbons (Fsp3) is 0.375. The highest BCUT2D eigenvalue weighted by Crippen LogP contribution is 2.18. The van der Waals surface area contributed by atoms with Crippen molar-refractivity contribution in [2.45, 2.75) is 19.4 Å². The van der Waals surface area contributed by atoms with Gasteiger partial charge < -0.3 is 10.1 Å². The molecule has 1 aromatic heterocycles. The van der Waals surface area contributed by atoms with Gasteiger partial charge in [-0.05, 0) is 59.5 Å². The number of amides is 1. The van der Waals surface area contributed by atoms with E-state index in [1.165, 1.54) is 0 Å². The van der Waals surface area contributed by atoms with E-state index in [2.05, 4.69) is 33.0 Å². The summed E-state index contributed by atoms with van der Waals surface area (Å²) in [5.74, 6) is 0.497. The highest BCUT2D eigenvalue weighted by atomic mass is 127. The zero-order chi connectivity index (χ0) is 15.4. The number of carbonyl (C=O) groups excluding carboxylic acids is 1. The van der Waals surface area contributed by atoms with Crippen molar-refractivity contribution < 1.29 is 9.53 Å². The van der Waals surface area contributed by atoms with Gasteiger partial charge in [0.15, 0.2) is 0 Å². The van der Waals surface area contributed by atoms with Gasteiger partial charge in [-0.25, -0.2) is 0 Å². The summed E-state index contributed by atoms with van der Waals surface area (Å²) in [6.07, 6.45) is 5.74. The molecule has 0 atom stereocenters. The molecule has 1 fully saturated rings. The van der Waals surface area contributed by atoms with E-state index in [9.17, 15) is 4.79 Å². The minimum atomic E-state index is -0.107. The first-order valence-electron chi connectivity index (χ1n) is 7.38. The monoisotopic (exact) mass is 411 g/mol. The smallest absolute Gasteiger partial charge is 0.255 e. The molecule has 1 aliphatic heterocycles. The van der Waals surface area contributed by atoms with Gasteiger partial charge in [-0.15, -0.1) is 0 Å². The Kier molecular flexibility index (Phi) is 5.09. The summed E-state index contributed by atoms with van der Waals surface area (Å²) in [6, 6.07) is 7.51. The Balaban J connectivity index is 1.60. The van der Waals surface area contributed by atoms with Crippen LogP contribution in [0.2, 0.25) is 0 Å². The Labute approximate surface area is 143 Å². The van der Waals surface area contributed by atoms with Crippen LogP contribution in [0.1, 0.15) is 23.2 Å². The van der Waals surface area contributed by atoms with Crippen molar-refractivity contribution in [1.82, 2.24) is 9.78 Å². The molecule has 116 valence electrons. The maximum Gasteiger partial charge on any atom is 0.255 e. The van der Waals surface area contributed by atoms with Crippen LogP contribution in [0.15, 0.2) is 36.7 Å². The predicted molar refractivity (Wildman–Crippen MR) is 92.9 cm³/mol. The summed E-state index contributed by atoms with van der Waals surface area (Å²) in [5, 5.41) is 7.23. The number of carbonyl (C=O) groups is 1. The molecule has 2 aromatic rings. The molecule has 1 N–H and O–H groups in total. The Bertz CT molecular complexity index is 650. The lowest BCUT2D eigenvalue weighted by molar-refractivity contribution is 0.0601. The Hall–Kier alpha value is -1.41. The zero-order valence-corrected chi connectivity index (χ0v) is 14.3.